The number of nitrogens with zero attached hydrogens (tertiary/aromatic N) is 6. The minimum Gasteiger partial charge on any atom is -0.341 e. The van der Waals surface area contributed by atoms with E-state index in [2.05, 4.69) is 30.3 Å². The zero-order valence-corrected chi connectivity index (χ0v) is 12.8. The molecule has 1 fully saturated rings. The quantitative estimate of drug-likeness (QED) is 0.903. The highest BCUT2D eigenvalue weighted by atomic mass is 16.2. The summed E-state index contributed by atoms with van der Waals surface area (Å²) in [5.41, 5.74) is 2.23. The monoisotopic (exact) mass is 301 g/mol. The Morgan fingerprint density at radius 2 is 1.91 bits per heavy atom. The van der Waals surface area contributed by atoms with Crippen molar-refractivity contribution in [3.8, 4) is 0 Å². The summed E-state index contributed by atoms with van der Waals surface area (Å²) >= 11 is 0. The minimum absolute atomic E-state index is 0.118. The number of anilines is 2. The molecule has 2 aromatic rings. The number of aryl methyl sites for hydroxylation is 2. The Morgan fingerprint density at radius 1 is 1.23 bits per heavy atom. The number of rotatable bonds is 4. The van der Waals surface area contributed by atoms with Crippen LogP contribution < -0.4 is 10.2 Å². The Hall–Kier alpha value is -2.51. The van der Waals surface area contributed by atoms with Crippen molar-refractivity contribution in [3.63, 3.8) is 0 Å². The first kappa shape index (κ1) is 14.4. The number of hydrogen-bond donors (Lipinski definition) is 1. The molecule has 116 valence electrons. The maximum absolute atomic E-state index is 12.1. The molecule has 2 aromatic heterocycles. The lowest BCUT2D eigenvalue weighted by Gasteiger charge is -2.18. The van der Waals surface area contributed by atoms with Gasteiger partial charge < -0.3 is 10.2 Å². The second kappa shape index (κ2) is 6.08. The normalized spacial score (nSPS) is 14.4. The first-order valence-corrected chi connectivity index (χ1v) is 7.36. The molecule has 0 saturated carbocycles. The maximum atomic E-state index is 12.1. The van der Waals surface area contributed by atoms with Gasteiger partial charge in [-0.15, -0.1) is 0 Å². The highest BCUT2D eigenvalue weighted by molar-refractivity contribution is 5.91. The summed E-state index contributed by atoms with van der Waals surface area (Å²) in [5, 5.41) is 6.78. The molecule has 1 amide bonds. The summed E-state index contributed by atoms with van der Waals surface area (Å²) in [6.07, 6.45) is 5.26. The molecule has 1 saturated heterocycles. The van der Waals surface area contributed by atoms with Crippen molar-refractivity contribution >= 4 is 17.5 Å². The van der Waals surface area contributed by atoms with E-state index in [0.717, 1.165) is 30.4 Å². The van der Waals surface area contributed by atoms with E-state index >= 15 is 0 Å². The van der Waals surface area contributed by atoms with Crippen LogP contribution in [0.2, 0.25) is 0 Å². The van der Waals surface area contributed by atoms with E-state index < -0.39 is 0 Å². The summed E-state index contributed by atoms with van der Waals surface area (Å²) in [4.78, 5) is 27.1. The predicted octanol–water partition coefficient (Wildman–Crippen LogP) is 0.924. The number of carbonyl (C=O) groups is 1. The molecule has 0 unspecified atom stereocenters. The summed E-state index contributed by atoms with van der Waals surface area (Å²) in [7, 11) is 0. The number of carbonyl (C=O) groups excluding carboxylic acids is 1. The Kier molecular flexibility index (Phi) is 3.99. The Labute approximate surface area is 128 Å². The SMILES string of the molecule is Cc1nc(N2CCCC2)nc(C)c1NC(=O)Cn1cncn1. The maximum Gasteiger partial charge on any atom is 0.246 e. The van der Waals surface area contributed by atoms with Crippen LogP contribution in [0.3, 0.4) is 0 Å². The van der Waals surface area contributed by atoms with E-state index in [1.807, 2.05) is 13.8 Å². The van der Waals surface area contributed by atoms with Gasteiger partial charge in [-0.25, -0.2) is 19.6 Å². The van der Waals surface area contributed by atoms with Crippen LogP contribution in [-0.2, 0) is 11.3 Å². The fourth-order valence-electron chi connectivity index (χ4n) is 2.58. The summed E-state index contributed by atoms with van der Waals surface area (Å²) < 4.78 is 1.47. The molecular formula is C14H19N7O. The van der Waals surface area contributed by atoms with Gasteiger partial charge in [-0.2, -0.15) is 5.10 Å². The molecule has 3 rings (SSSR count). The Morgan fingerprint density at radius 3 is 2.50 bits per heavy atom. The first-order valence-electron chi connectivity index (χ1n) is 7.36. The third-order valence-corrected chi connectivity index (χ3v) is 3.68. The van der Waals surface area contributed by atoms with E-state index in [1.165, 1.54) is 30.2 Å². The van der Waals surface area contributed by atoms with Crippen molar-refractivity contribution in [1.82, 2.24) is 24.7 Å². The van der Waals surface area contributed by atoms with Gasteiger partial charge in [0.05, 0.1) is 17.1 Å². The summed E-state index contributed by atoms with van der Waals surface area (Å²) in [6, 6.07) is 0. The molecular weight excluding hydrogens is 282 g/mol. The number of aromatic nitrogens is 5. The molecule has 0 atom stereocenters. The fourth-order valence-corrected chi connectivity index (χ4v) is 2.58. The molecule has 0 radical (unpaired) electrons. The third-order valence-electron chi connectivity index (χ3n) is 3.68. The van der Waals surface area contributed by atoms with Crippen LogP contribution in [0.5, 0.6) is 0 Å². The topological polar surface area (TPSA) is 88.8 Å². The van der Waals surface area contributed by atoms with Crippen LogP contribution in [-0.4, -0.2) is 43.7 Å². The van der Waals surface area contributed by atoms with Crippen LogP contribution in [0.15, 0.2) is 12.7 Å². The molecule has 1 N–H and O–H groups in total. The first-order chi connectivity index (χ1) is 10.6. The zero-order valence-electron chi connectivity index (χ0n) is 12.8. The largest absolute Gasteiger partial charge is 0.341 e. The van der Waals surface area contributed by atoms with E-state index in [1.54, 1.807) is 0 Å². The van der Waals surface area contributed by atoms with Gasteiger partial charge in [0.15, 0.2) is 0 Å². The molecule has 0 spiro atoms. The van der Waals surface area contributed by atoms with Crippen LogP contribution in [0, 0.1) is 13.8 Å². The second-order valence-electron chi connectivity index (χ2n) is 5.40. The molecule has 0 bridgehead atoms. The highest BCUT2D eigenvalue weighted by Crippen LogP contribution is 2.22. The van der Waals surface area contributed by atoms with Crippen molar-refractivity contribution in [2.75, 3.05) is 23.3 Å². The van der Waals surface area contributed by atoms with Gasteiger partial charge in [0.1, 0.15) is 19.2 Å². The van der Waals surface area contributed by atoms with Gasteiger partial charge in [-0.3, -0.25) is 4.79 Å². The van der Waals surface area contributed by atoms with Crippen molar-refractivity contribution in [2.24, 2.45) is 0 Å². The van der Waals surface area contributed by atoms with Crippen molar-refractivity contribution in [1.29, 1.82) is 0 Å². The zero-order chi connectivity index (χ0) is 15.5. The number of nitrogens with one attached hydrogen (secondary N) is 1. The van der Waals surface area contributed by atoms with Gasteiger partial charge in [0.25, 0.3) is 0 Å². The van der Waals surface area contributed by atoms with Gasteiger partial charge in [-0.05, 0) is 26.7 Å². The lowest BCUT2D eigenvalue weighted by atomic mass is 10.2. The molecule has 1 aliphatic heterocycles. The molecule has 22 heavy (non-hydrogen) atoms. The fraction of sp³-hybridized carbons (Fsp3) is 0.500. The molecule has 1 aliphatic rings. The van der Waals surface area contributed by atoms with Crippen LogP contribution in [0.4, 0.5) is 11.6 Å². The van der Waals surface area contributed by atoms with Crippen LogP contribution in [0.25, 0.3) is 0 Å². The average molecular weight is 301 g/mol. The van der Waals surface area contributed by atoms with E-state index in [9.17, 15) is 4.79 Å². The van der Waals surface area contributed by atoms with E-state index in [4.69, 9.17) is 0 Å². The number of hydrogen-bond acceptors (Lipinski definition) is 6. The minimum atomic E-state index is -0.172. The standard InChI is InChI=1S/C14H19N7O/c1-10-13(19-12(22)7-21-9-15-8-16-21)11(2)18-14(17-10)20-5-3-4-6-20/h8-9H,3-7H2,1-2H3,(H,19,22). The smallest absolute Gasteiger partial charge is 0.246 e. The molecule has 3 heterocycles. The van der Waals surface area contributed by atoms with Crippen LogP contribution in [0.1, 0.15) is 24.2 Å². The van der Waals surface area contributed by atoms with E-state index in [-0.39, 0.29) is 12.5 Å². The van der Waals surface area contributed by atoms with Crippen molar-refractivity contribution in [2.45, 2.75) is 33.2 Å². The van der Waals surface area contributed by atoms with Gasteiger partial charge in [0, 0.05) is 13.1 Å². The lowest BCUT2D eigenvalue weighted by molar-refractivity contribution is -0.116. The lowest BCUT2D eigenvalue weighted by Crippen LogP contribution is -2.24. The van der Waals surface area contributed by atoms with Crippen molar-refractivity contribution < 1.29 is 4.79 Å². The predicted molar refractivity (Wildman–Crippen MR) is 81.6 cm³/mol. The van der Waals surface area contributed by atoms with Gasteiger partial charge in [-0.1, -0.05) is 0 Å². The Bertz CT molecular complexity index is 639. The summed E-state index contributed by atoms with van der Waals surface area (Å²) in [5.74, 6) is 0.580. The molecule has 0 aromatic carbocycles. The average Bonchev–Trinajstić information content (AvgIpc) is 3.15. The Balaban J connectivity index is 1.74. The summed E-state index contributed by atoms with van der Waals surface area (Å²) in [6.45, 7) is 5.89. The number of amides is 1. The van der Waals surface area contributed by atoms with E-state index in [0.29, 0.717) is 5.69 Å². The molecule has 0 aliphatic carbocycles. The molecule has 8 heteroatoms. The highest BCUT2D eigenvalue weighted by Gasteiger charge is 2.18. The van der Waals surface area contributed by atoms with Gasteiger partial charge in [0.2, 0.25) is 11.9 Å². The van der Waals surface area contributed by atoms with Gasteiger partial charge >= 0.3 is 0 Å². The third kappa shape index (κ3) is 3.05. The van der Waals surface area contributed by atoms with Crippen LogP contribution >= 0.6 is 0 Å². The molecule has 8 nitrogen and oxygen atoms in total. The second-order valence-corrected chi connectivity index (χ2v) is 5.40. The van der Waals surface area contributed by atoms with Crippen molar-refractivity contribution in [3.05, 3.63) is 24.0 Å².